The van der Waals surface area contributed by atoms with Crippen molar-refractivity contribution >= 4 is 11.9 Å². The molecule has 1 aliphatic rings. The normalized spacial score (nSPS) is 14.1. The quantitative estimate of drug-likeness (QED) is 0.756. The molecule has 25 heavy (non-hydrogen) atoms. The molecule has 3 rings (SSSR count). The van der Waals surface area contributed by atoms with Crippen LogP contribution in [0.4, 0.5) is 5.95 Å². The first-order valence-electron chi connectivity index (χ1n) is 9.07. The zero-order valence-corrected chi connectivity index (χ0v) is 15.2. The maximum Gasteiger partial charge on any atom is 0.287 e. The van der Waals surface area contributed by atoms with Crippen LogP contribution in [0.2, 0.25) is 0 Å². The molecule has 2 aromatic rings. The van der Waals surface area contributed by atoms with Gasteiger partial charge in [-0.15, -0.1) is 10.2 Å². The van der Waals surface area contributed by atoms with Crippen LogP contribution in [-0.2, 0) is 13.1 Å². The average molecular weight is 345 g/mol. The number of hydrogen-bond acceptors (Lipinski definition) is 5. The lowest BCUT2D eigenvalue weighted by atomic mass is 10.2. The molecule has 0 aromatic carbocycles. The molecule has 1 N–H and O–H groups in total. The van der Waals surface area contributed by atoms with E-state index in [0.29, 0.717) is 18.2 Å². The lowest BCUT2D eigenvalue weighted by Crippen LogP contribution is -2.30. The first-order chi connectivity index (χ1) is 12.1. The highest BCUT2D eigenvalue weighted by molar-refractivity contribution is 5.91. The van der Waals surface area contributed by atoms with Gasteiger partial charge < -0.3 is 14.6 Å². The molecule has 0 unspecified atom stereocenters. The number of anilines is 1. The Balaban J connectivity index is 1.74. The summed E-state index contributed by atoms with van der Waals surface area (Å²) in [5, 5.41) is 11.6. The molecule has 0 saturated heterocycles. The molecule has 1 aliphatic carbocycles. The van der Waals surface area contributed by atoms with E-state index in [1.54, 1.807) is 12.1 Å². The van der Waals surface area contributed by atoms with Crippen LogP contribution in [0.15, 0.2) is 22.8 Å². The van der Waals surface area contributed by atoms with E-state index in [1.165, 1.54) is 19.1 Å². The fraction of sp³-hybridized carbons (Fsp3) is 0.611. The molecule has 7 heteroatoms. The van der Waals surface area contributed by atoms with Crippen LogP contribution in [0.25, 0.3) is 0 Å². The third-order valence-electron chi connectivity index (χ3n) is 4.35. The summed E-state index contributed by atoms with van der Waals surface area (Å²) in [6, 6.07) is 3.35. The van der Waals surface area contributed by atoms with Crippen molar-refractivity contribution in [3.8, 4) is 0 Å². The largest absolute Gasteiger partial charge is 0.459 e. The van der Waals surface area contributed by atoms with Crippen LogP contribution < -0.4 is 10.2 Å². The van der Waals surface area contributed by atoms with Gasteiger partial charge in [0.25, 0.3) is 5.91 Å². The number of rotatable bonds is 9. The number of furan rings is 1. The molecular formula is C18H27N5O2. The first-order valence-corrected chi connectivity index (χ1v) is 9.07. The summed E-state index contributed by atoms with van der Waals surface area (Å²) in [6.07, 6.45) is 4.10. The molecule has 0 radical (unpaired) electrons. The molecule has 0 atom stereocenters. The molecular weight excluding hydrogens is 318 g/mol. The van der Waals surface area contributed by atoms with Crippen molar-refractivity contribution in [2.75, 3.05) is 18.0 Å². The van der Waals surface area contributed by atoms with Crippen LogP contribution in [0, 0.1) is 11.8 Å². The van der Waals surface area contributed by atoms with Gasteiger partial charge in [0.1, 0.15) is 0 Å². The number of nitrogens with one attached hydrogen (secondary N) is 1. The van der Waals surface area contributed by atoms with E-state index in [0.717, 1.165) is 37.3 Å². The predicted molar refractivity (Wildman–Crippen MR) is 95.3 cm³/mol. The second-order valence-electron chi connectivity index (χ2n) is 7.06. The number of carbonyl (C=O) groups is 1. The van der Waals surface area contributed by atoms with Crippen LogP contribution in [0.5, 0.6) is 0 Å². The highest BCUT2D eigenvalue weighted by Crippen LogP contribution is 2.31. The Morgan fingerprint density at radius 3 is 2.84 bits per heavy atom. The minimum absolute atomic E-state index is 0.240. The Morgan fingerprint density at radius 2 is 2.24 bits per heavy atom. The molecule has 136 valence electrons. The van der Waals surface area contributed by atoms with Gasteiger partial charge in [-0.3, -0.25) is 9.36 Å². The zero-order valence-electron chi connectivity index (χ0n) is 15.2. The van der Waals surface area contributed by atoms with Crippen molar-refractivity contribution in [1.82, 2.24) is 20.1 Å². The SMILES string of the molecule is CCN(CC1CC1)c1nnc(CNC(=O)c2ccco2)n1CC(C)C. The van der Waals surface area contributed by atoms with E-state index in [2.05, 4.69) is 45.8 Å². The van der Waals surface area contributed by atoms with Crippen LogP contribution in [0.3, 0.4) is 0 Å². The molecule has 0 aliphatic heterocycles. The van der Waals surface area contributed by atoms with Gasteiger partial charge in [-0.2, -0.15) is 0 Å². The Bertz CT molecular complexity index is 688. The van der Waals surface area contributed by atoms with E-state index in [1.807, 2.05) is 0 Å². The number of nitrogens with zero attached hydrogens (tertiary/aromatic N) is 4. The van der Waals surface area contributed by atoms with Gasteiger partial charge in [0.2, 0.25) is 5.95 Å². The van der Waals surface area contributed by atoms with Crippen molar-refractivity contribution < 1.29 is 9.21 Å². The van der Waals surface area contributed by atoms with E-state index in [9.17, 15) is 4.79 Å². The lowest BCUT2D eigenvalue weighted by Gasteiger charge is -2.23. The second kappa shape index (κ2) is 7.72. The summed E-state index contributed by atoms with van der Waals surface area (Å²) >= 11 is 0. The van der Waals surface area contributed by atoms with Crippen molar-refractivity contribution in [1.29, 1.82) is 0 Å². The van der Waals surface area contributed by atoms with Gasteiger partial charge in [0, 0.05) is 19.6 Å². The Kier molecular flexibility index (Phi) is 5.40. The maximum absolute atomic E-state index is 12.1. The molecule has 1 saturated carbocycles. The van der Waals surface area contributed by atoms with Crippen molar-refractivity contribution in [3.63, 3.8) is 0 Å². The first kappa shape index (κ1) is 17.5. The second-order valence-corrected chi connectivity index (χ2v) is 7.06. The summed E-state index contributed by atoms with van der Waals surface area (Å²) in [7, 11) is 0. The Hall–Kier alpha value is -2.31. The highest BCUT2D eigenvalue weighted by Gasteiger charge is 2.27. The lowest BCUT2D eigenvalue weighted by molar-refractivity contribution is 0.0921. The number of aromatic nitrogens is 3. The molecule has 0 bridgehead atoms. The minimum atomic E-state index is -0.240. The molecule has 1 amide bonds. The summed E-state index contributed by atoms with van der Waals surface area (Å²) in [5.74, 6) is 3.00. The monoisotopic (exact) mass is 345 g/mol. The molecule has 0 spiro atoms. The molecule has 1 fully saturated rings. The smallest absolute Gasteiger partial charge is 0.287 e. The van der Waals surface area contributed by atoms with Gasteiger partial charge in [0.15, 0.2) is 11.6 Å². The summed E-state index contributed by atoms with van der Waals surface area (Å²) in [4.78, 5) is 14.4. The summed E-state index contributed by atoms with van der Waals surface area (Å²) < 4.78 is 7.26. The van der Waals surface area contributed by atoms with Gasteiger partial charge in [-0.05, 0) is 43.7 Å². The van der Waals surface area contributed by atoms with Crippen molar-refractivity contribution in [2.24, 2.45) is 11.8 Å². The third-order valence-corrected chi connectivity index (χ3v) is 4.35. The van der Waals surface area contributed by atoms with E-state index in [4.69, 9.17) is 4.42 Å². The Labute approximate surface area is 148 Å². The van der Waals surface area contributed by atoms with E-state index < -0.39 is 0 Å². The number of amides is 1. The van der Waals surface area contributed by atoms with Crippen LogP contribution >= 0.6 is 0 Å². The number of carbonyl (C=O) groups excluding carboxylic acids is 1. The van der Waals surface area contributed by atoms with Gasteiger partial charge in [-0.1, -0.05) is 13.8 Å². The van der Waals surface area contributed by atoms with Gasteiger partial charge >= 0.3 is 0 Å². The number of hydrogen-bond donors (Lipinski definition) is 1. The van der Waals surface area contributed by atoms with E-state index >= 15 is 0 Å². The summed E-state index contributed by atoms with van der Waals surface area (Å²) in [5.41, 5.74) is 0. The van der Waals surface area contributed by atoms with Crippen molar-refractivity contribution in [2.45, 2.75) is 46.7 Å². The van der Waals surface area contributed by atoms with Crippen LogP contribution in [-0.4, -0.2) is 33.8 Å². The van der Waals surface area contributed by atoms with Gasteiger partial charge in [0.05, 0.1) is 12.8 Å². The third kappa shape index (κ3) is 4.41. The highest BCUT2D eigenvalue weighted by atomic mass is 16.3. The molecule has 2 aromatic heterocycles. The molecule has 2 heterocycles. The summed E-state index contributed by atoms with van der Waals surface area (Å²) in [6.45, 7) is 9.60. The average Bonchev–Trinajstić information content (AvgIpc) is 3.08. The van der Waals surface area contributed by atoms with Crippen LogP contribution in [0.1, 0.15) is 50.0 Å². The Morgan fingerprint density at radius 1 is 1.44 bits per heavy atom. The zero-order chi connectivity index (χ0) is 17.8. The standard InChI is InChI=1S/C18H27N5O2/c1-4-22(12-14-7-8-14)18-21-20-16(23(18)11-13(2)3)10-19-17(24)15-6-5-9-25-15/h5-6,9,13-14H,4,7-8,10-12H2,1-3H3,(H,19,24). The fourth-order valence-electron chi connectivity index (χ4n) is 2.86. The maximum atomic E-state index is 12.1. The predicted octanol–water partition coefficient (Wildman–Crippen LogP) is 2.69. The molecule has 7 nitrogen and oxygen atoms in total. The minimum Gasteiger partial charge on any atom is -0.459 e. The van der Waals surface area contributed by atoms with Gasteiger partial charge in [-0.25, -0.2) is 0 Å². The topological polar surface area (TPSA) is 76.2 Å². The fourth-order valence-corrected chi connectivity index (χ4v) is 2.86. The van der Waals surface area contributed by atoms with Crippen molar-refractivity contribution in [3.05, 3.63) is 30.0 Å². The van der Waals surface area contributed by atoms with E-state index in [-0.39, 0.29) is 5.91 Å².